The smallest absolute Gasteiger partial charge is 0.267 e. The molecular weight excluding hydrogens is 169 g/mol. The molecule has 0 saturated heterocycles. The van der Waals surface area contributed by atoms with E-state index in [1.54, 1.807) is 0 Å². The zero-order valence-corrected chi connectivity index (χ0v) is 6.31. The van der Waals surface area contributed by atoms with Crippen molar-refractivity contribution in [3.8, 4) is 0 Å². The first kappa shape index (κ1) is 8.83. The summed E-state index contributed by atoms with van der Waals surface area (Å²) in [5, 5.41) is 0. The van der Waals surface area contributed by atoms with E-state index < -0.39 is 17.8 Å². The second-order valence-corrected chi connectivity index (χ2v) is 2.33. The highest BCUT2D eigenvalue weighted by atomic mass is 19.3. The Morgan fingerprint density at radius 3 is 2.50 bits per heavy atom. The highest BCUT2D eigenvalue weighted by Crippen LogP contribution is 2.27. The van der Waals surface area contributed by atoms with Gasteiger partial charge in [-0.25, -0.2) is 18.2 Å². The van der Waals surface area contributed by atoms with Gasteiger partial charge in [0.05, 0.1) is 11.8 Å². The molecule has 0 saturated carbocycles. The first-order valence-corrected chi connectivity index (χ1v) is 3.22. The predicted octanol–water partition coefficient (Wildman–Crippen LogP) is 2.05. The van der Waals surface area contributed by atoms with E-state index in [1.807, 2.05) is 0 Å². The second kappa shape index (κ2) is 3.00. The van der Waals surface area contributed by atoms with Gasteiger partial charge in [-0.05, 0) is 6.92 Å². The lowest BCUT2D eigenvalue weighted by atomic mass is 10.1. The van der Waals surface area contributed by atoms with Crippen LogP contribution in [0.5, 0.6) is 0 Å². The van der Waals surface area contributed by atoms with Crippen molar-refractivity contribution in [2.45, 2.75) is 13.3 Å². The van der Waals surface area contributed by atoms with Crippen LogP contribution in [0.1, 0.15) is 17.6 Å². The maximum atomic E-state index is 12.7. The van der Waals surface area contributed by atoms with E-state index in [9.17, 15) is 13.2 Å². The Balaban J connectivity index is 3.33. The lowest BCUT2D eigenvalue weighted by molar-refractivity contribution is 0.145. The number of nitrogen functional groups attached to an aromatic ring is 1. The zero-order valence-electron chi connectivity index (χ0n) is 6.31. The fraction of sp³-hybridized carbons (Fsp3) is 0.286. The Kier molecular flexibility index (Phi) is 2.21. The van der Waals surface area contributed by atoms with Crippen LogP contribution in [0.25, 0.3) is 0 Å². The summed E-state index contributed by atoms with van der Waals surface area (Å²) >= 11 is 0. The summed E-state index contributed by atoms with van der Waals surface area (Å²) in [5.41, 5.74) is 4.56. The molecule has 0 spiro atoms. The molecule has 0 aliphatic heterocycles. The largest absolute Gasteiger partial charge is 0.383 e. The molecule has 0 aliphatic rings. The van der Waals surface area contributed by atoms with E-state index in [0.29, 0.717) is 6.20 Å². The van der Waals surface area contributed by atoms with Gasteiger partial charge in [0.15, 0.2) is 5.82 Å². The van der Waals surface area contributed by atoms with E-state index in [4.69, 9.17) is 5.73 Å². The van der Waals surface area contributed by atoms with Crippen molar-refractivity contribution in [3.05, 3.63) is 23.1 Å². The zero-order chi connectivity index (χ0) is 9.30. The summed E-state index contributed by atoms with van der Waals surface area (Å²) in [6.45, 7) is 1.31. The van der Waals surface area contributed by atoms with Crippen molar-refractivity contribution < 1.29 is 13.2 Å². The lowest BCUT2D eigenvalue weighted by Crippen LogP contribution is -2.02. The molecule has 0 bridgehead atoms. The second-order valence-electron chi connectivity index (χ2n) is 2.33. The van der Waals surface area contributed by atoms with Crippen LogP contribution in [-0.4, -0.2) is 4.98 Å². The molecule has 0 unspecified atom stereocenters. The van der Waals surface area contributed by atoms with Crippen LogP contribution >= 0.6 is 0 Å². The fourth-order valence-corrected chi connectivity index (χ4v) is 0.878. The Labute approximate surface area is 67.2 Å². The molecule has 0 aliphatic carbocycles. The predicted molar refractivity (Wildman–Crippen MR) is 38.3 cm³/mol. The summed E-state index contributed by atoms with van der Waals surface area (Å²) in [7, 11) is 0. The molecule has 0 radical (unpaired) electrons. The highest BCUT2D eigenvalue weighted by molar-refractivity contribution is 5.44. The van der Waals surface area contributed by atoms with Gasteiger partial charge in [-0.15, -0.1) is 0 Å². The number of hydrogen-bond acceptors (Lipinski definition) is 2. The number of halogens is 3. The van der Waals surface area contributed by atoms with Gasteiger partial charge in [-0.2, -0.15) is 0 Å². The van der Waals surface area contributed by atoms with Crippen LogP contribution in [0, 0.1) is 12.7 Å². The number of alkyl halides is 2. The number of aromatic nitrogens is 1. The standard InChI is InChI=1S/C7H7F3N2/c1-3-5(6(9)10)4(8)2-12-7(3)11/h2,6H,1H3,(H2,11,12). The molecule has 66 valence electrons. The van der Waals surface area contributed by atoms with E-state index >= 15 is 0 Å². The van der Waals surface area contributed by atoms with Crippen LogP contribution in [0.15, 0.2) is 6.20 Å². The molecule has 0 atom stereocenters. The lowest BCUT2D eigenvalue weighted by Gasteiger charge is -2.06. The molecule has 5 heteroatoms. The van der Waals surface area contributed by atoms with Gasteiger partial charge in [0.2, 0.25) is 0 Å². The fourth-order valence-electron chi connectivity index (χ4n) is 0.878. The molecule has 0 aromatic carbocycles. The van der Waals surface area contributed by atoms with Crippen molar-refractivity contribution in [2.75, 3.05) is 5.73 Å². The highest BCUT2D eigenvalue weighted by Gasteiger charge is 2.18. The van der Waals surface area contributed by atoms with Crippen LogP contribution in [0.2, 0.25) is 0 Å². The molecule has 0 amide bonds. The van der Waals surface area contributed by atoms with Gasteiger partial charge in [-0.1, -0.05) is 0 Å². The van der Waals surface area contributed by atoms with Crippen LogP contribution in [0.3, 0.4) is 0 Å². The van der Waals surface area contributed by atoms with Gasteiger partial charge in [-0.3, -0.25) is 0 Å². The van der Waals surface area contributed by atoms with E-state index in [2.05, 4.69) is 4.98 Å². The third-order valence-electron chi connectivity index (χ3n) is 1.58. The van der Waals surface area contributed by atoms with Gasteiger partial charge < -0.3 is 5.73 Å². The molecule has 1 rings (SSSR count). The Morgan fingerprint density at radius 2 is 2.08 bits per heavy atom. The number of pyridine rings is 1. The Hall–Kier alpha value is -1.26. The molecule has 0 fully saturated rings. The first-order chi connectivity index (χ1) is 5.54. The summed E-state index contributed by atoms with van der Waals surface area (Å²) in [6.07, 6.45) is -2.15. The van der Waals surface area contributed by atoms with E-state index in [0.717, 1.165) is 0 Å². The summed E-state index contributed by atoms with van der Waals surface area (Å²) in [5.74, 6) is -1.08. The third kappa shape index (κ3) is 1.34. The maximum absolute atomic E-state index is 12.7. The normalized spacial score (nSPS) is 10.8. The Bertz CT molecular complexity index is 299. The van der Waals surface area contributed by atoms with Crippen LogP contribution in [-0.2, 0) is 0 Å². The van der Waals surface area contributed by atoms with Crippen molar-refractivity contribution in [2.24, 2.45) is 0 Å². The van der Waals surface area contributed by atoms with Crippen LogP contribution < -0.4 is 5.73 Å². The maximum Gasteiger partial charge on any atom is 0.267 e. The first-order valence-electron chi connectivity index (χ1n) is 3.22. The Morgan fingerprint density at radius 1 is 1.50 bits per heavy atom. The summed E-state index contributed by atoms with van der Waals surface area (Å²) in [6, 6.07) is 0. The quantitative estimate of drug-likeness (QED) is 0.711. The summed E-state index contributed by atoms with van der Waals surface area (Å²) < 4.78 is 37.0. The van der Waals surface area contributed by atoms with E-state index in [1.165, 1.54) is 6.92 Å². The third-order valence-corrected chi connectivity index (χ3v) is 1.58. The van der Waals surface area contributed by atoms with Gasteiger partial charge >= 0.3 is 0 Å². The SMILES string of the molecule is Cc1c(N)ncc(F)c1C(F)F. The number of hydrogen-bond donors (Lipinski definition) is 1. The number of rotatable bonds is 1. The molecule has 1 heterocycles. The molecular formula is C7H7F3N2. The minimum absolute atomic E-state index is 0.00463. The van der Waals surface area contributed by atoms with Crippen LogP contribution in [0.4, 0.5) is 19.0 Å². The number of nitrogens with two attached hydrogens (primary N) is 1. The van der Waals surface area contributed by atoms with Gasteiger partial charge in [0.1, 0.15) is 5.82 Å². The average molecular weight is 176 g/mol. The molecule has 1 aromatic rings. The van der Waals surface area contributed by atoms with Crippen molar-refractivity contribution in [1.82, 2.24) is 4.98 Å². The number of anilines is 1. The van der Waals surface area contributed by atoms with Crippen molar-refractivity contribution >= 4 is 5.82 Å². The molecule has 2 nitrogen and oxygen atoms in total. The van der Waals surface area contributed by atoms with E-state index in [-0.39, 0.29) is 11.4 Å². The van der Waals surface area contributed by atoms with Crippen molar-refractivity contribution in [3.63, 3.8) is 0 Å². The molecule has 12 heavy (non-hydrogen) atoms. The van der Waals surface area contributed by atoms with Gasteiger partial charge in [0.25, 0.3) is 6.43 Å². The minimum Gasteiger partial charge on any atom is -0.383 e. The minimum atomic E-state index is -2.85. The molecule has 1 aromatic heterocycles. The topological polar surface area (TPSA) is 38.9 Å². The monoisotopic (exact) mass is 176 g/mol. The average Bonchev–Trinajstić information content (AvgIpc) is 1.97. The van der Waals surface area contributed by atoms with Crippen molar-refractivity contribution in [1.29, 1.82) is 0 Å². The summed E-state index contributed by atoms with van der Waals surface area (Å²) in [4.78, 5) is 3.39. The van der Waals surface area contributed by atoms with Gasteiger partial charge in [0, 0.05) is 5.56 Å². The number of nitrogens with zero attached hydrogens (tertiary/aromatic N) is 1. The molecule has 2 N–H and O–H groups in total.